The molecule has 2 bridgehead atoms. The van der Waals surface area contributed by atoms with Gasteiger partial charge in [0, 0.05) is 41.6 Å². The van der Waals surface area contributed by atoms with Gasteiger partial charge in [0.25, 0.3) is 0 Å². The van der Waals surface area contributed by atoms with Crippen LogP contribution in [-0.4, -0.2) is 28.6 Å². The van der Waals surface area contributed by atoms with Crippen LogP contribution in [0.3, 0.4) is 0 Å². The smallest absolute Gasteiger partial charge is 0.159 e. The third-order valence-electron chi connectivity index (χ3n) is 6.84. The van der Waals surface area contributed by atoms with Gasteiger partial charge in [-0.15, -0.1) is 0 Å². The number of aromatic nitrogens is 1. The number of hydrogen-bond donors (Lipinski definition) is 2. The molecule has 3 aliphatic rings. The Hall–Kier alpha value is -1.36. The summed E-state index contributed by atoms with van der Waals surface area (Å²) < 4.78 is 8.12. The van der Waals surface area contributed by atoms with Crippen LogP contribution in [0.25, 0.3) is 10.9 Å². The van der Waals surface area contributed by atoms with E-state index in [9.17, 15) is 5.11 Å². The molecule has 2 N–H and O–H groups in total. The first-order chi connectivity index (χ1) is 11.7. The number of nitrogens with one attached hydrogen (secondary N) is 1. The van der Waals surface area contributed by atoms with Crippen LogP contribution < -0.4 is 5.32 Å². The molecule has 4 heterocycles. The number of benzene rings is 1. The Morgan fingerprint density at radius 2 is 2.17 bits per heavy atom. The zero-order valence-corrected chi connectivity index (χ0v) is 14.4. The number of nitrogens with zero attached hydrogens (tertiary/aromatic N) is 1. The number of para-hydroxylation sites is 1. The van der Waals surface area contributed by atoms with Crippen LogP contribution >= 0.6 is 0 Å². The molecule has 2 aromatic rings. The summed E-state index contributed by atoms with van der Waals surface area (Å²) in [5.41, 5.74) is 4.26. The van der Waals surface area contributed by atoms with E-state index < -0.39 is 6.29 Å². The van der Waals surface area contributed by atoms with Crippen LogP contribution in [0.1, 0.15) is 37.1 Å². The second kappa shape index (κ2) is 5.32. The Morgan fingerprint density at radius 1 is 1.33 bits per heavy atom. The van der Waals surface area contributed by atoms with Gasteiger partial charge in [0.05, 0.1) is 6.61 Å². The first kappa shape index (κ1) is 14.9. The number of ether oxygens (including phenoxy) is 1. The lowest BCUT2D eigenvalue weighted by Gasteiger charge is -2.52. The summed E-state index contributed by atoms with van der Waals surface area (Å²) in [5.74, 6) is 1.34. The SMILES string of the molecule is CC[C@H]1CO[C@@H](O)[C@H]2[C@H]1C[C@H]1N[C@@H]2Cc2c1n(C)c1ccccc21. The maximum absolute atomic E-state index is 10.5. The van der Waals surface area contributed by atoms with Crippen molar-refractivity contribution in [2.24, 2.45) is 24.8 Å². The molecule has 6 atom stereocenters. The summed E-state index contributed by atoms with van der Waals surface area (Å²) in [6.45, 7) is 2.96. The van der Waals surface area contributed by atoms with Crippen LogP contribution in [0, 0.1) is 17.8 Å². The van der Waals surface area contributed by atoms with Crippen molar-refractivity contribution in [2.45, 2.75) is 44.6 Å². The molecule has 0 amide bonds. The molecule has 24 heavy (non-hydrogen) atoms. The molecule has 4 nitrogen and oxygen atoms in total. The Labute approximate surface area is 142 Å². The highest BCUT2D eigenvalue weighted by Gasteiger charge is 2.50. The Balaban J connectivity index is 1.63. The topological polar surface area (TPSA) is 46.4 Å². The van der Waals surface area contributed by atoms with E-state index in [1.807, 2.05) is 0 Å². The zero-order valence-electron chi connectivity index (χ0n) is 14.4. The molecule has 0 radical (unpaired) electrons. The van der Waals surface area contributed by atoms with E-state index in [4.69, 9.17) is 4.74 Å². The third kappa shape index (κ3) is 1.91. The maximum Gasteiger partial charge on any atom is 0.159 e. The molecule has 0 saturated carbocycles. The molecule has 2 saturated heterocycles. The van der Waals surface area contributed by atoms with Crippen LogP contribution in [0.5, 0.6) is 0 Å². The molecular formula is C20H26N2O2. The molecule has 3 aliphatic heterocycles. The van der Waals surface area contributed by atoms with Crippen molar-refractivity contribution in [1.29, 1.82) is 0 Å². The Bertz CT molecular complexity index is 783. The number of piperidine rings is 1. The van der Waals surface area contributed by atoms with E-state index in [0.29, 0.717) is 30.5 Å². The summed E-state index contributed by atoms with van der Waals surface area (Å²) in [6.07, 6.45) is 2.62. The van der Waals surface area contributed by atoms with Crippen molar-refractivity contribution in [3.8, 4) is 0 Å². The number of aryl methyl sites for hydroxylation is 1. The Kier molecular flexibility index (Phi) is 3.31. The quantitative estimate of drug-likeness (QED) is 0.847. The van der Waals surface area contributed by atoms with Crippen molar-refractivity contribution in [3.63, 3.8) is 0 Å². The fourth-order valence-corrected chi connectivity index (χ4v) is 5.72. The van der Waals surface area contributed by atoms with E-state index in [1.54, 1.807) is 0 Å². The molecule has 1 aromatic carbocycles. The third-order valence-corrected chi connectivity index (χ3v) is 6.84. The van der Waals surface area contributed by atoms with Gasteiger partial charge in [-0.05, 0) is 36.3 Å². The minimum atomic E-state index is -0.618. The van der Waals surface area contributed by atoms with Gasteiger partial charge < -0.3 is 19.7 Å². The van der Waals surface area contributed by atoms with Gasteiger partial charge in [-0.3, -0.25) is 0 Å². The van der Waals surface area contributed by atoms with Gasteiger partial charge in [0.1, 0.15) is 0 Å². The van der Waals surface area contributed by atoms with Gasteiger partial charge in [0.15, 0.2) is 6.29 Å². The van der Waals surface area contributed by atoms with Gasteiger partial charge >= 0.3 is 0 Å². The van der Waals surface area contributed by atoms with E-state index in [1.165, 1.54) is 22.2 Å². The van der Waals surface area contributed by atoms with Crippen LogP contribution in [0.15, 0.2) is 24.3 Å². The van der Waals surface area contributed by atoms with Gasteiger partial charge in [0.2, 0.25) is 0 Å². The molecular weight excluding hydrogens is 300 g/mol. The Morgan fingerprint density at radius 3 is 3.00 bits per heavy atom. The molecule has 128 valence electrons. The van der Waals surface area contributed by atoms with Gasteiger partial charge in [-0.1, -0.05) is 31.5 Å². The minimum Gasteiger partial charge on any atom is -0.368 e. The van der Waals surface area contributed by atoms with E-state index in [2.05, 4.69) is 48.1 Å². The van der Waals surface area contributed by atoms with Crippen molar-refractivity contribution in [2.75, 3.05) is 6.61 Å². The minimum absolute atomic E-state index is 0.215. The highest BCUT2D eigenvalue weighted by atomic mass is 16.6. The van der Waals surface area contributed by atoms with Crippen molar-refractivity contribution in [3.05, 3.63) is 35.5 Å². The standard InChI is InChI=1S/C20H26N2O2/c1-3-11-10-24-20(23)18-13(11)8-16-19-14(9-15(18)21-16)12-6-4-5-7-17(12)22(19)2/h4-7,11,13,15-16,18,20-21,23H,3,8-10H2,1-2H3/t11-,13-,15+,16+,18-,20+/m0/s1. The monoisotopic (exact) mass is 326 g/mol. The highest BCUT2D eigenvalue weighted by Crippen LogP contribution is 2.49. The van der Waals surface area contributed by atoms with Crippen molar-refractivity contribution >= 4 is 10.9 Å². The first-order valence-corrected chi connectivity index (χ1v) is 9.31. The lowest BCUT2D eigenvalue weighted by Crippen LogP contribution is -2.59. The second-order valence-corrected chi connectivity index (χ2v) is 7.84. The molecule has 0 spiro atoms. The average Bonchev–Trinajstić information content (AvgIpc) is 2.88. The van der Waals surface area contributed by atoms with E-state index in [0.717, 1.165) is 19.3 Å². The number of aliphatic hydroxyl groups excluding tert-OH is 1. The van der Waals surface area contributed by atoms with Crippen LogP contribution in [0.4, 0.5) is 0 Å². The normalized spacial score (nSPS) is 38.0. The largest absolute Gasteiger partial charge is 0.368 e. The molecule has 0 unspecified atom stereocenters. The summed E-state index contributed by atoms with van der Waals surface area (Å²) in [5, 5.41) is 15.7. The summed E-state index contributed by atoms with van der Waals surface area (Å²) in [7, 11) is 2.20. The summed E-state index contributed by atoms with van der Waals surface area (Å²) in [6, 6.07) is 9.44. The molecule has 0 aliphatic carbocycles. The summed E-state index contributed by atoms with van der Waals surface area (Å²) >= 11 is 0. The van der Waals surface area contributed by atoms with Gasteiger partial charge in [-0.25, -0.2) is 0 Å². The fourth-order valence-electron chi connectivity index (χ4n) is 5.72. The lowest BCUT2D eigenvalue weighted by molar-refractivity contribution is -0.216. The fraction of sp³-hybridized carbons (Fsp3) is 0.600. The second-order valence-electron chi connectivity index (χ2n) is 7.84. The van der Waals surface area contributed by atoms with E-state index in [-0.39, 0.29) is 5.92 Å². The lowest BCUT2D eigenvalue weighted by atomic mass is 9.65. The number of aliphatic hydroxyl groups is 1. The molecule has 2 fully saturated rings. The molecule has 4 heteroatoms. The number of hydrogen-bond acceptors (Lipinski definition) is 3. The predicted octanol–water partition coefficient (Wildman–Crippen LogP) is 2.74. The van der Waals surface area contributed by atoms with Crippen LogP contribution in [0.2, 0.25) is 0 Å². The predicted molar refractivity (Wildman–Crippen MR) is 93.6 cm³/mol. The number of fused-ring (bicyclic) bond motifs is 8. The van der Waals surface area contributed by atoms with Crippen molar-refractivity contribution < 1.29 is 9.84 Å². The maximum atomic E-state index is 10.5. The highest BCUT2D eigenvalue weighted by molar-refractivity contribution is 5.86. The first-order valence-electron chi connectivity index (χ1n) is 9.31. The molecule has 1 aromatic heterocycles. The zero-order chi connectivity index (χ0) is 16.4. The average molecular weight is 326 g/mol. The van der Waals surface area contributed by atoms with E-state index >= 15 is 0 Å². The summed E-state index contributed by atoms with van der Waals surface area (Å²) in [4.78, 5) is 0. The van der Waals surface area contributed by atoms with Crippen molar-refractivity contribution in [1.82, 2.24) is 9.88 Å². The number of rotatable bonds is 1. The van der Waals surface area contributed by atoms with Crippen LogP contribution in [-0.2, 0) is 18.2 Å². The molecule has 5 rings (SSSR count). The van der Waals surface area contributed by atoms with Gasteiger partial charge in [-0.2, -0.15) is 0 Å².